The fourth-order valence-electron chi connectivity index (χ4n) is 3.33. The largest absolute Gasteiger partial charge is 0.421 e. The van der Waals surface area contributed by atoms with Crippen LogP contribution in [-0.2, 0) is 16.7 Å². The van der Waals surface area contributed by atoms with Gasteiger partial charge in [-0.3, -0.25) is 0 Å². The van der Waals surface area contributed by atoms with Crippen molar-refractivity contribution in [2.24, 2.45) is 0 Å². The van der Waals surface area contributed by atoms with Gasteiger partial charge in [-0.05, 0) is 31.2 Å². The quantitative estimate of drug-likeness (QED) is 0.678. The van der Waals surface area contributed by atoms with E-state index in [1.807, 2.05) is 32.0 Å². The molecule has 4 rings (SSSR count). The Hall–Kier alpha value is -3.20. The molecule has 2 aromatic heterocycles. The summed E-state index contributed by atoms with van der Waals surface area (Å²) in [4.78, 5) is 12.7. The van der Waals surface area contributed by atoms with Crippen LogP contribution < -0.4 is 10.6 Å². The van der Waals surface area contributed by atoms with Crippen molar-refractivity contribution in [3.05, 3.63) is 47.7 Å². The van der Waals surface area contributed by atoms with E-state index in [1.165, 1.54) is 0 Å². The number of hydrogen-bond donors (Lipinski definition) is 2. The summed E-state index contributed by atoms with van der Waals surface area (Å²) in [7, 11) is 0. The molecule has 1 aliphatic heterocycles. The molecule has 152 valence electrons. The number of ether oxygens (including phenoxy) is 1. The molecule has 1 saturated heterocycles. The Balaban J connectivity index is 1.45. The van der Waals surface area contributed by atoms with E-state index in [0.717, 1.165) is 11.3 Å². The second kappa shape index (κ2) is 8.04. The van der Waals surface area contributed by atoms with Crippen molar-refractivity contribution in [3.8, 4) is 11.5 Å². The molecule has 3 aromatic rings. The third-order valence-corrected chi connectivity index (χ3v) is 4.96. The first-order valence-corrected chi connectivity index (χ1v) is 9.61. The summed E-state index contributed by atoms with van der Waals surface area (Å²) in [6.45, 7) is 4.89. The molecule has 9 nitrogen and oxygen atoms in total. The van der Waals surface area contributed by atoms with Crippen LogP contribution in [0.1, 0.15) is 37.1 Å². The number of nitrogens with one attached hydrogen (secondary N) is 2. The predicted molar refractivity (Wildman–Crippen MR) is 104 cm³/mol. The number of carbonyl (C=O) groups is 1. The van der Waals surface area contributed by atoms with Crippen molar-refractivity contribution < 1.29 is 18.5 Å². The highest BCUT2D eigenvalue weighted by Gasteiger charge is 2.39. The molecule has 1 aromatic carbocycles. The minimum Gasteiger partial charge on any atom is -0.421 e. The monoisotopic (exact) mass is 397 g/mol. The van der Waals surface area contributed by atoms with Crippen LogP contribution in [-0.4, -0.2) is 34.6 Å². The molecule has 29 heavy (non-hydrogen) atoms. The van der Waals surface area contributed by atoms with Crippen LogP contribution in [0.3, 0.4) is 0 Å². The van der Waals surface area contributed by atoms with Crippen molar-refractivity contribution in [1.82, 2.24) is 20.7 Å². The number of aryl methyl sites for hydroxylation is 2. The Morgan fingerprint density at radius 3 is 2.55 bits per heavy atom. The highest BCUT2D eigenvalue weighted by Crippen LogP contribution is 2.32. The van der Waals surface area contributed by atoms with Crippen molar-refractivity contribution >= 4 is 11.7 Å². The lowest BCUT2D eigenvalue weighted by atomic mass is 9.87. The average molecular weight is 397 g/mol. The zero-order valence-electron chi connectivity index (χ0n) is 16.4. The standard InChI is InChI=1S/C20H23N5O4/c1-3-17-23-24-18(28-17)14-4-6-15(7-5-14)21-19(26)22-20(8-10-27-11-9-20)16-12-13(2)25-29-16/h4-7,12H,3,8-11H2,1-2H3,(H2,21,22,26). The maximum atomic E-state index is 12.7. The average Bonchev–Trinajstić information content (AvgIpc) is 3.38. The van der Waals surface area contributed by atoms with Gasteiger partial charge in [0.05, 0.1) is 5.69 Å². The molecule has 2 amide bonds. The van der Waals surface area contributed by atoms with Gasteiger partial charge in [0.2, 0.25) is 11.8 Å². The minimum absolute atomic E-state index is 0.320. The van der Waals surface area contributed by atoms with Crippen molar-refractivity contribution in [2.45, 2.75) is 38.6 Å². The molecular weight excluding hydrogens is 374 g/mol. The Kier molecular flexibility index (Phi) is 5.30. The van der Waals surface area contributed by atoms with Gasteiger partial charge in [0, 0.05) is 49.8 Å². The molecule has 0 spiro atoms. The number of anilines is 1. The first kappa shape index (κ1) is 19.1. The highest BCUT2D eigenvalue weighted by atomic mass is 16.5. The first-order chi connectivity index (χ1) is 14.1. The van der Waals surface area contributed by atoms with E-state index in [9.17, 15) is 4.79 Å². The van der Waals surface area contributed by atoms with Crippen molar-refractivity contribution in [3.63, 3.8) is 0 Å². The maximum absolute atomic E-state index is 12.7. The lowest BCUT2D eigenvalue weighted by Crippen LogP contribution is -2.50. The van der Waals surface area contributed by atoms with Gasteiger partial charge in [-0.2, -0.15) is 0 Å². The van der Waals surface area contributed by atoms with Gasteiger partial charge < -0.3 is 24.3 Å². The van der Waals surface area contributed by atoms with Crippen LogP contribution in [0.2, 0.25) is 0 Å². The van der Waals surface area contributed by atoms with E-state index >= 15 is 0 Å². The summed E-state index contributed by atoms with van der Waals surface area (Å²) >= 11 is 0. The van der Waals surface area contributed by atoms with E-state index in [4.69, 9.17) is 13.7 Å². The maximum Gasteiger partial charge on any atom is 0.320 e. The van der Waals surface area contributed by atoms with Crippen LogP contribution in [0.4, 0.5) is 10.5 Å². The predicted octanol–water partition coefficient (Wildman–Crippen LogP) is 3.42. The van der Waals surface area contributed by atoms with E-state index in [2.05, 4.69) is 26.0 Å². The normalized spacial score (nSPS) is 15.8. The van der Waals surface area contributed by atoms with Gasteiger partial charge in [-0.25, -0.2) is 4.79 Å². The molecule has 0 aliphatic carbocycles. The summed E-state index contributed by atoms with van der Waals surface area (Å²) in [6.07, 6.45) is 1.92. The lowest BCUT2D eigenvalue weighted by Gasteiger charge is -2.35. The summed E-state index contributed by atoms with van der Waals surface area (Å²) in [5.74, 6) is 1.69. The van der Waals surface area contributed by atoms with Crippen molar-refractivity contribution in [2.75, 3.05) is 18.5 Å². The smallest absolute Gasteiger partial charge is 0.320 e. The third-order valence-electron chi connectivity index (χ3n) is 4.96. The van der Waals surface area contributed by atoms with Gasteiger partial charge >= 0.3 is 6.03 Å². The van der Waals surface area contributed by atoms with E-state index in [1.54, 1.807) is 12.1 Å². The second-order valence-corrected chi connectivity index (χ2v) is 7.04. The summed E-state index contributed by atoms with van der Waals surface area (Å²) in [5, 5.41) is 17.9. The van der Waals surface area contributed by atoms with E-state index in [0.29, 0.717) is 55.7 Å². The van der Waals surface area contributed by atoms with Crippen LogP contribution in [0, 0.1) is 6.92 Å². The Morgan fingerprint density at radius 1 is 1.17 bits per heavy atom. The zero-order chi connectivity index (χ0) is 20.3. The van der Waals surface area contributed by atoms with Crippen LogP contribution >= 0.6 is 0 Å². The molecule has 9 heteroatoms. The van der Waals surface area contributed by atoms with Gasteiger partial charge in [0.25, 0.3) is 0 Å². The van der Waals surface area contributed by atoms with Gasteiger partial charge in [-0.15, -0.1) is 10.2 Å². The molecular formula is C20H23N5O4. The Morgan fingerprint density at radius 2 is 1.93 bits per heavy atom. The number of rotatable bonds is 5. The lowest BCUT2D eigenvalue weighted by molar-refractivity contribution is 0.0307. The number of amides is 2. The van der Waals surface area contributed by atoms with Crippen LogP contribution in [0.25, 0.3) is 11.5 Å². The van der Waals surface area contributed by atoms with Gasteiger partial charge in [-0.1, -0.05) is 12.1 Å². The first-order valence-electron chi connectivity index (χ1n) is 9.61. The molecule has 0 unspecified atom stereocenters. The molecule has 0 atom stereocenters. The minimum atomic E-state index is -0.635. The van der Waals surface area contributed by atoms with Gasteiger partial charge in [0.15, 0.2) is 5.76 Å². The number of carbonyl (C=O) groups excluding carboxylic acids is 1. The third kappa shape index (κ3) is 4.14. The van der Waals surface area contributed by atoms with Crippen LogP contribution in [0.15, 0.2) is 39.3 Å². The number of hydrogen-bond acceptors (Lipinski definition) is 7. The molecule has 1 aliphatic rings. The van der Waals surface area contributed by atoms with Crippen LogP contribution in [0.5, 0.6) is 0 Å². The second-order valence-electron chi connectivity index (χ2n) is 7.04. The molecule has 1 fully saturated rings. The summed E-state index contributed by atoms with van der Waals surface area (Å²) < 4.78 is 16.5. The molecule has 0 saturated carbocycles. The molecule has 3 heterocycles. The van der Waals surface area contributed by atoms with Crippen molar-refractivity contribution in [1.29, 1.82) is 0 Å². The molecule has 0 bridgehead atoms. The Bertz CT molecular complexity index is 973. The highest BCUT2D eigenvalue weighted by molar-refractivity contribution is 5.90. The van der Waals surface area contributed by atoms with E-state index < -0.39 is 5.54 Å². The summed E-state index contributed by atoms with van der Waals surface area (Å²) in [6, 6.07) is 8.77. The molecule has 2 N–H and O–H groups in total. The topological polar surface area (TPSA) is 115 Å². The Labute approximate surface area is 167 Å². The number of benzene rings is 1. The van der Waals surface area contributed by atoms with Gasteiger partial charge in [0.1, 0.15) is 5.54 Å². The number of urea groups is 1. The fourth-order valence-corrected chi connectivity index (χ4v) is 3.33. The van der Waals surface area contributed by atoms with E-state index in [-0.39, 0.29) is 6.03 Å². The molecule has 0 radical (unpaired) electrons. The fraction of sp³-hybridized carbons (Fsp3) is 0.400. The summed E-state index contributed by atoms with van der Waals surface area (Å²) in [5.41, 5.74) is 1.58. The SMILES string of the molecule is CCc1nnc(-c2ccc(NC(=O)NC3(c4cc(C)no4)CCOCC3)cc2)o1. The zero-order valence-corrected chi connectivity index (χ0v) is 16.4. The number of nitrogens with zero attached hydrogens (tertiary/aromatic N) is 3. The number of aromatic nitrogens is 3.